The maximum atomic E-state index is 12.3. The summed E-state index contributed by atoms with van der Waals surface area (Å²) in [5.41, 5.74) is 1.57. The second-order valence-corrected chi connectivity index (χ2v) is 7.81. The third kappa shape index (κ3) is 3.47. The summed E-state index contributed by atoms with van der Waals surface area (Å²) < 4.78 is 30.3. The summed E-state index contributed by atoms with van der Waals surface area (Å²) in [5.74, 6) is 2.64. The van der Waals surface area contributed by atoms with Crippen molar-refractivity contribution in [2.24, 2.45) is 11.0 Å². The summed E-state index contributed by atoms with van der Waals surface area (Å²) in [6.07, 6.45) is 2.53. The van der Waals surface area contributed by atoms with E-state index in [2.05, 4.69) is 16.9 Å². The summed E-state index contributed by atoms with van der Waals surface area (Å²) >= 11 is 0. The van der Waals surface area contributed by atoms with Crippen LogP contribution in [0.3, 0.4) is 0 Å². The van der Waals surface area contributed by atoms with Gasteiger partial charge in [-0.3, -0.25) is 0 Å². The van der Waals surface area contributed by atoms with Gasteiger partial charge in [0.15, 0.2) is 0 Å². The Kier molecular flexibility index (Phi) is 4.02. The first-order valence-corrected chi connectivity index (χ1v) is 9.07. The lowest BCUT2D eigenvalue weighted by Crippen LogP contribution is -2.19. The molecule has 3 rings (SSSR count). The van der Waals surface area contributed by atoms with Crippen LogP contribution in [0.2, 0.25) is 0 Å². The molecule has 0 bridgehead atoms. The molecule has 0 saturated heterocycles. The van der Waals surface area contributed by atoms with E-state index in [4.69, 9.17) is 4.42 Å². The second kappa shape index (κ2) is 5.85. The van der Waals surface area contributed by atoms with Crippen LogP contribution >= 0.6 is 0 Å². The number of benzene rings is 1. The fraction of sp³-hybridized carbons (Fsp3) is 0.353. The first-order valence-electron chi connectivity index (χ1n) is 7.58. The van der Waals surface area contributed by atoms with Crippen LogP contribution in [0.1, 0.15) is 41.9 Å². The molecule has 1 saturated carbocycles. The van der Waals surface area contributed by atoms with E-state index < -0.39 is 10.0 Å². The average molecular weight is 332 g/mol. The molecule has 1 aliphatic rings. The van der Waals surface area contributed by atoms with Gasteiger partial charge >= 0.3 is 0 Å². The highest BCUT2D eigenvalue weighted by molar-refractivity contribution is 7.89. The molecule has 1 heterocycles. The predicted octanol–water partition coefficient (Wildman–Crippen LogP) is 3.33. The number of furan rings is 1. The molecule has 0 radical (unpaired) electrons. The number of nitrogens with zero attached hydrogens (tertiary/aromatic N) is 1. The van der Waals surface area contributed by atoms with Crippen LogP contribution in [0.15, 0.2) is 44.7 Å². The van der Waals surface area contributed by atoms with Crippen molar-refractivity contribution in [1.82, 2.24) is 4.83 Å². The first kappa shape index (κ1) is 15.8. The molecule has 23 heavy (non-hydrogen) atoms. The maximum absolute atomic E-state index is 12.3. The Morgan fingerprint density at radius 1 is 1.26 bits per heavy atom. The van der Waals surface area contributed by atoms with Crippen LogP contribution < -0.4 is 4.83 Å². The Balaban J connectivity index is 1.71. The second-order valence-electron chi connectivity index (χ2n) is 6.18. The van der Waals surface area contributed by atoms with Crippen LogP contribution in [-0.4, -0.2) is 14.6 Å². The number of nitrogens with one attached hydrogen (secondary N) is 1. The van der Waals surface area contributed by atoms with E-state index in [1.807, 2.05) is 19.1 Å². The highest BCUT2D eigenvalue weighted by atomic mass is 32.2. The van der Waals surface area contributed by atoms with Gasteiger partial charge < -0.3 is 4.42 Å². The minimum Gasteiger partial charge on any atom is -0.460 e. The molecule has 1 fully saturated rings. The standard InChI is InChI=1S/C17H20N2O3S/c1-11-4-5-12(2)17(8-11)23(20,21)19-18-10-14-6-7-16(22-14)15-9-13(15)3/h4-8,10,13,15,19H,9H2,1-3H3/b18-10-/t13-,15+/m0/s1. The van der Waals surface area contributed by atoms with Crippen molar-refractivity contribution in [3.63, 3.8) is 0 Å². The lowest BCUT2D eigenvalue weighted by Gasteiger charge is -2.07. The van der Waals surface area contributed by atoms with E-state index in [9.17, 15) is 8.42 Å². The molecule has 1 aliphatic carbocycles. The van der Waals surface area contributed by atoms with Gasteiger partial charge in [0.2, 0.25) is 0 Å². The van der Waals surface area contributed by atoms with Crippen molar-refractivity contribution in [2.45, 2.75) is 38.0 Å². The Bertz CT molecular complexity index is 852. The molecule has 1 N–H and O–H groups in total. The molecule has 6 heteroatoms. The van der Waals surface area contributed by atoms with Gasteiger partial charge in [0.05, 0.1) is 11.1 Å². The van der Waals surface area contributed by atoms with E-state index >= 15 is 0 Å². The van der Waals surface area contributed by atoms with E-state index in [0.29, 0.717) is 23.2 Å². The molecule has 1 aromatic heterocycles. The van der Waals surface area contributed by atoms with E-state index in [-0.39, 0.29) is 4.90 Å². The summed E-state index contributed by atoms with van der Waals surface area (Å²) in [5, 5.41) is 3.82. The largest absolute Gasteiger partial charge is 0.460 e. The van der Waals surface area contributed by atoms with Crippen LogP contribution in [0.25, 0.3) is 0 Å². The molecule has 0 unspecified atom stereocenters. The predicted molar refractivity (Wildman–Crippen MR) is 89.1 cm³/mol. The van der Waals surface area contributed by atoms with Gasteiger partial charge in [-0.15, -0.1) is 0 Å². The van der Waals surface area contributed by atoms with Gasteiger partial charge in [0, 0.05) is 5.92 Å². The molecule has 0 aliphatic heterocycles. The van der Waals surface area contributed by atoms with Crippen molar-refractivity contribution < 1.29 is 12.8 Å². The minimum atomic E-state index is -3.68. The van der Waals surface area contributed by atoms with Crippen LogP contribution in [0, 0.1) is 19.8 Å². The highest BCUT2D eigenvalue weighted by Crippen LogP contribution is 2.47. The molecule has 2 atom stereocenters. The SMILES string of the molecule is Cc1ccc(C)c(S(=O)(=O)N/N=C\c2ccc([C@@H]3C[C@@H]3C)o2)c1. The molecule has 0 amide bonds. The van der Waals surface area contributed by atoms with Crippen molar-refractivity contribution in [1.29, 1.82) is 0 Å². The van der Waals surface area contributed by atoms with Crippen LogP contribution in [0.5, 0.6) is 0 Å². The number of sulfonamides is 1. The fourth-order valence-electron chi connectivity index (χ4n) is 2.56. The Morgan fingerprint density at radius 3 is 2.70 bits per heavy atom. The van der Waals surface area contributed by atoms with Crippen LogP contribution in [0.4, 0.5) is 0 Å². The number of hydrogen-bond acceptors (Lipinski definition) is 4. The summed E-state index contributed by atoms with van der Waals surface area (Å²) in [7, 11) is -3.68. The average Bonchev–Trinajstić information content (AvgIpc) is 3.04. The Hall–Kier alpha value is -2.08. The van der Waals surface area contributed by atoms with Crippen molar-refractivity contribution >= 4 is 16.2 Å². The third-order valence-corrected chi connectivity index (χ3v) is 5.48. The van der Waals surface area contributed by atoms with Gasteiger partial charge in [-0.25, -0.2) is 0 Å². The van der Waals surface area contributed by atoms with E-state index in [1.165, 1.54) is 6.21 Å². The summed E-state index contributed by atoms with van der Waals surface area (Å²) in [6, 6.07) is 9.02. The van der Waals surface area contributed by atoms with Crippen molar-refractivity contribution in [3.05, 3.63) is 53.0 Å². The normalized spacial score (nSPS) is 20.8. The van der Waals surface area contributed by atoms with E-state index in [1.54, 1.807) is 25.1 Å². The zero-order valence-electron chi connectivity index (χ0n) is 13.4. The number of rotatable bonds is 5. The van der Waals surface area contributed by atoms with Gasteiger partial charge in [0.1, 0.15) is 11.5 Å². The molecular formula is C17H20N2O3S. The molecule has 1 aromatic carbocycles. The zero-order valence-corrected chi connectivity index (χ0v) is 14.2. The third-order valence-electron chi connectivity index (χ3n) is 4.12. The van der Waals surface area contributed by atoms with Crippen LogP contribution in [-0.2, 0) is 10.0 Å². The van der Waals surface area contributed by atoms with Crippen molar-refractivity contribution in [2.75, 3.05) is 0 Å². The smallest absolute Gasteiger partial charge is 0.276 e. The molecule has 122 valence electrons. The monoisotopic (exact) mass is 332 g/mol. The molecule has 5 nitrogen and oxygen atoms in total. The maximum Gasteiger partial charge on any atom is 0.276 e. The topological polar surface area (TPSA) is 71.7 Å². The zero-order chi connectivity index (χ0) is 16.6. The molecular weight excluding hydrogens is 312 g/mol. The fourth-order valence-corrected chi connectivity index (χ4v) is 3.68. The van der Waals surface area contributed by atoms with Gasteiger partial charge in [0.25, 0.3) is 10.0 Å². The molecule has 0 spiro atoms. The summed E-state index contributed by atoms with van der Waals surface area (Å²) in [6.45, 7) is 5.79. The minimum absolute atomic E-state index is 0.238. The number of aryl methyl sites for hydroxylation is 2. The Morgan fingerprint density at radius 2 is 2.00 bits per heavy atom. The quantitative estimate of drug-likeness (QED) is 0.674. The van der Waals surface area contributed by atoms with Gasteiger partial charge in [-0.2, -0.15) is 18.4 Å². The first-order chi connectivity index (χ1) is 10.9. The lowest BCUT2D eigenvalue weighted by molar-refractivity contribution is 0.500. The number of hydrazone groups is 1. The Labute approximate surface area is 136 Å². The summed E-state index contributed by atoms with van der Waals surface area (Å²) in [4.78, 5) is 2.47. The van der Waals surface area contributed by atoms with E-state index in [0.717, 1.165) is 17.7 Å². The van der Waals surface area contributed by atoms with Gasteiger partial charge in [-0.1, -0.05) is 19.1 Å². The van der Waals surface area contributed by atoms with Crippen molar-refractivity contribution in [3.8, 4) is 0 Å². The highest BCUT2D eigenvalue weighted by Gasteiger charge is 2.36. The van der Waals surface area contributed by atoms with Gasteiger partial charge in [-0.05, 0) is 55.5 Å². The lowest BCUT2D eigenvalue weighted by atomic mass is 10.2. The number of hydrogen-bond donors (Lipinski definition) is 1. The molecule has 2 aromatic rings.